The molecule has 3 nitrogen and oxygen atoms in total. The van der Waals surface area contributed by atoms with Gasteiger partial charge in [-0.2, -0.15) is 0 Å². The predicted octanol–water partition coefficient (Wildman–Crippen LogP) is 2.48. The first kappa shape index (κ1) is 14.3. The quantitative estimate of drug-likeness (QED) is 0.861. The topological polar surface area (TPSA) is 44.5 Å². The lowest BCUT2D eigenvalue weighted by Crippen LogP contribution is -2.54. The van der Waals surface area contributed by atoms with Crippen molar-refractivity contribution >= 4 is 0 Å². The van der Waals surface area contributed by atoms with E-state index in [1.807, 2.05) is 13.0 Å². The molecule has 1 aromatic rings. The first-order chi connectivity index (χ1) is 9.17. The molecule has 1 aliphatic heterocycles. The molecule has 0 radical (unpaired) electrons. The Kier molecular flexibility index (Phi) is 4.42. The van der Waals surface area contributed by atoms with Crippen molar-refractivity contribution in [3.8, 4) is 5.75 Å². The van der Waals surface area contributed by atoms with Crippen molar-refractivity contribution in [2.75, 3.05) is 26.4 Å². The third kappa shape index (κ3) is 2.47. The van der Waals surface area contributed by atoms with E-state index in [9.17, 15) is 4.39 Å². The second kappa shape index (κ2) is 5.88. The average Bonchev–Trinajstić information content (AvgIpc) is 2.36. The lowest BCUT2D eigenvalue weighted by molar-refractivity contribution is -0.0899. The Hall–Kier alpha value is -1.13. The molecule has 1 heterocycles. The van der Waals surface area contributed by atoms with Crippen molar-refractivity contribution in [2.24, 2.45) is 11.7 Å². The lowest BCUT2D eigenvalue weighted by atomic mass is 9.67. The fourth-order valence-electron chi connectivity index (χ4n) is 2.83. The van der Waals surface area contributed by atoms with E-state index in [1.165, 1.54) is 0 Å². The Morgan fingerprint density at radius 2 is 2.16 bits per heavy atom. The van der Waals surface area contributed by atoms with Gasteiger partial charge in [0.05, 0.1) is 19.8 Å². The molecule has 1 fully saturated rings. The Morgan fingerprint density at radius 1 is 1.42 bits per heavy atom. The van der Waals surface area contributed by atoms with Crippen molar-refractivity contribution < 1.29 is 13.9 Å². The number of ether oxygens (including phenoxy) is 2. The van der Waals surface area contributed by atoms with Crippen molar-refractivity contribution in [3.63, 3.8) is 0 Å². The molecule has 0 spiro atoms. The smallest absolute Gasteiger partial charge is 0.165 e. The summed E-state index contributed by atoms with van der Waals surface area (Å²) >= 11 is 0. The van der Waals surface area contributed by atoms with Gasteiger partial charge in [0.25, 0.3) is 0 Å². The fourth-order valence-corrected chi connectivity index (χ4v) is 2.83. The fraction of sp³-hybridized carbons (Fsp3) is 0.600. The molecular formula is C15H22FNO2. The Morgan fingerprint density at radius 3 is 2.58 bits per heavy atom. The van der Waals surface area contributed by atoms with Gasteiger partial charge in [0, 0.05) is 5.41 Å². The Balaban J connectivity index is 2.31. The SMILES string of the molecule is CCOc1ccc(C2(C(CC)CN)COC2)cc1F. The summed E-state index contributed by atoms with van der Waals surface area (Å²) in [5.74, 6) is 0.318. The van der Waals surface area contributed by atoms with Gasteiger partial charge < -0.3 is 15.2 Å². The van der Waals surface area contributed by atoms with E-state index in [4.69, 9.17) is 15.2 Å². The van der Waals surface area contributed by atoms with Crippen molar-refractivity contribution in [1.29, 1.82) is 0 Å². The number of halogens is 1. The highest BCUT2D eigenvalue weighted by Crippen LogP contribution is 2.41. The molecule has 0 saturated carbocycles. The zero-order valence-electron chi connectivity index (χ0n) is 11.6. The molecule has 2 rings (SSSR count). The highest BCUT2D eigenvalue weighted by atomic mass is 19.1. The number of hydrogen-bond acceptors (Lipinski definition) is 3. The van der Waals surface area contributed by atoms with Crippen LogP contribution in [0.3, 0.4) is 0 Å². The third-order valence-corrected chi connectivity index (χ3v) is 4.08. The van der Waals surface area contributed by atoms with Crippen LogP contribution in [0.15, 0.2) is 18.2 Å². The second-order valence-electron chi connectivity index (χ2n) is 5.07. The van der Waals surface area contributed by atoms with Crippen LogP contribution in [0.5, 0.6) is 5.75 Å². The van der Waals surface area contributed by atoms with Gasteiger partial charge in [-0.1, -0.05) is 19.4 Å². The lowest BCUT2D eigenvalue weighted by Gasteiger charge is -2.47. The van der Waals surface area contributed by atoms with Crippen LogP contribution in [0.2, 0.25) is 0 Å². The minimum absolute atomic E-state index is 0.130. The maximum Gasteiger partial charge on any atom is 0.165 e. The van der Waals surface area contributed by atoms with Gasteiger partial charge in [0.15, 0.2) is 11.6 Å². The summed E-state index contributed by atoms with van der Waals surface area (Å²) in [7, 11) is 0. The van der Waals surface area contributed by atoms with Gasteiger partial charge in [0.2, 0.25) is 0 Å². The second-order valence-corrected chi connectivity index (χ2v) is 5.07. The van der Waals surface area contributed by atoms with Crippen LogP contribution in [0, 0.1) is 11.7 Å². The summed E-state index contributed by atoms with van der Waals surface area (Å²) in [6, 6.07) is 5.22. The molecular weight excluding hydrogens is 245 g/mol. The van der Waals surface area contributed by atoms with Crippen LogP contribution in [0.1, 0.15) is 25.8 Å². The van der Waals surface area contributed by atoms with Crippen molar-refractivity contribution in [2.45, 2.75) is 25.7 Å². The van der Waals surface area contributed by atoms with Gasteiger partial charge in [-0.05, 0) is 37.1 Å². The van der Waals surface area contributed by atoms with E-state index in [0.29, 0.717) is 38.0 Å². The van der Waals surface area contributed by atoms with Crippen molar-refractivity contribution in [1.82, 2.24) is 0 Å². The highest BCUT2D eigenvalue weighted by molar-refractivity contribution is 5.36. The molecule has 0 aliphatic carbocycles. The number of benzene rings is 1. The van der Waals surface area contributed by atoms with E-state index in [0.717, 1.165) is 12.0 Å². The molecule has 1 aliphatic rings. The summed E-state index contributed by atoms with van der Waals surface area (Å²) in [6.45, 7) is 6.25. The minimum atomic E-state index is -0.308. The van der Waals surface area contributed by atoms with Crippen LogP contribution in [-0.4, -0.2) is 26.4 Å². The molecule has 0 amide bonds. The van der Waals surface area contributed by atoms with Crippen LogP contribution in [0.25, 0.3) is 0 Å². The zero-order chi connectivity index (χ0) is 13.9. The van der Waals surface area contributed by atoms with E-state index in [-0.39, 0.29) is 11.2 Å². The molecule has 1 atom stereocenters. The first-order valence-corrected chi connectivity index (χ1v) is 6.88. The molecule has 2 N–H and O–H groups in total. The van der Waals surface area contributed by atoms with Gasteiger partial charge in [-0.25, -0.2) is 4.39 Å². The molecule has 1 saturated heterocycles. The summed E-state index contributed by atoms with van der Waals surface area (Å²) < 4.78 is 24.6. The van der Waals surface area contributed by atoms with Crippen LogP contribution in [0.4, 0.5) is 4.39 Å². The number of rotatable bonds is 6. The molecule has 1 unspecified atom stereocenters. The van der Waals surface area contributed by atoms with Crippen LogP contribution >= 0.6 is 0 Å². The van der Waals surface area contributed by atoms with Gasteiger partial charge >= 0.3 is 0 Å². The molecule has 4 heteroatoms. The zero-order valence-corrected chi connectivity index (χ0v) is 11.6. The largest absolute Gasteiger partial charge is 0.491 e. The maximum absolute atomic E-state index is 14.0. The number of hydrogen-bond donors (Lipinski definition) is 1. The van der Waals surface area contributed by atoms with Crippen molar-refractivity contribution in [3.05, 3.63) is 29.6 Å². The monoisotopic (exact) mass is 267 g/mol. The number of nitrogens with two attached hydrogens (primary N) is 1. The van der Waals surface area contributed by atoms with Gasteiger partial charge in [0.1, 0.15) is 0 Å². The third-order valence-electron chi connectivity index (χ3n) is 4.08. The predicted molar refractivity (Wildman–Crippen MR) is 72.9 cm³/mol. The summed E-state index contributed by atoms with van der Waals surface area (Å²) in [4.78, 5) is 0. The summed E-state index contributed by atoms with van der Waals surface area (Å²) in [5.41, 5.74) is 6.70. The van der Waals surface area contributed by atoms with E-state index >= 15 is 0 Å². The molecule has 106 valence electrons. The first-order valence-electron chi connectivity index (χ1n) is 6.88. The normalized spacial score (nSPS) is 18.7. The van der Waals surface area contributed by atoms with E-state index < -0.39 is 0 Å². The Labute approximate surface area is 113 Å². The summed E-state index contributed by atoms with van der Waals surface area (Å²) in [6.07, 6.45) is 0.967. The van der Waals surface area contributed by atoms with Crippen LogP contribution < -0.4 is 10.5 Å². The molecule has 1 aromatic carbocycles. The maximum atomic E-state index is 14.0. The highest BCUT2D eigenvalue weighted by Gasteiger charge is 2.45. The van der Waals surface area contributed by atoms with Crippen LogP contribution in [-0.2, 0) is 10.2 Å². The van der Waals surface area contributed by atoms with Gasteiger partial charge in [-0.3, -0.25) is 0 Å². The van der Waals surface area contributed by atoms with E-state index in [1.54, 1.807) is 12.1 Å². The minimum Gasteiger partial charge on any atom is -0.491 e. The van der Waals surface area contributed by atoms with E-state index in [2.05, 4.69) is 6.92 Å². The molecule has 19 heavy (non-hydrogen) atoms. The molecule has 0 aromatic heterocycles. The van der Waals surface area contributed by atoms with Gasteiger partial charge in [-0.15, -0.1) is 0 Å². The standard InChI is InChI=1S/C15H22FNO2/c1-3-11(8-17)15(9-18-10-15)12-5-6-14(19-4-2)13(16)7-12/h5-7,11H,3-4,8-10,17H2,1-2H3. The molecule has 0 bridgehead atoms. The summed E-state index contributed by atoms with van der Waals surface area (Å²) in [5, 5.41) is 0. The average molecular weight is 267 g/mol. The Bertz CT molecular complexity index is 428.